The maximum Gasteiger partial charge on any atom is 0.343 e. The zero-order valence-corrected chi connectivity index (χ0v) is 20.9. The van der Waals surface area contributed by atoms with Crippen molar-refractivity contribution in [2.75, 3.05) is 6.61 Å². The number of carbonyl (C=O) groups excluding carboxylic acids is 1. The second-order valence-electron chi connectivity index (χ2n) is 8.89. The molecule has 36 heavy (non-hydrogen) atoms. The zero-order valence-electron chi connectivity index (χ0n) is 20.9. The summed E-state index contributed by atoms with van der Waals surface area (Å²) >= 11 is 0. The van der Waals surface area contributed by atoms with Gasteiger partial charge in [0.2, 0.25) is 0 Å². The van der Waals surface area contributed by atoms with Crippen LogP contribution in [0, 0.1) is 0 Å². The average Bonchev–Trinajstić information content (AvgIpc) is 2.92. The monoisotopic (exact) mass is 479 g/mol. The molecule has 0 unspecified atom stereocenters. The smallest absolute Gasteiger partial charge is 0.343 e. The second kappa shape index (κ2) is 13.2. The second-order valence-corrected chi connectivity index (χ2v) is 8.89. The molecule has 0 atom stereocenters. The highest BCUT2D eigenvalue weighted by molar-refractivity contribution is 5.91. The van der Waals surface area contributed by atoms with Crippen LogP contribution < -0.4 is 9.47 Å². The number of unbranched alkanes of at least 4 members (excludes halogenated alkanes) is 5. The molecular weight excluding hydrogens is 446 g/mol. The Morgan fingerprint density at radius 2 is 1.44 bits per heavy atom. The molecule has 4 nitrogen and oxygen atoms in total. The molecule has 0 aromatic heterocycles. The SMILES string of the molecule is CCCCCCCCOc1ccc(C(=O)Oc2ccc(C=Nc3ccc4ccccc4c3)cc2)cc1. The minimum Gasteiger partial charge on any atom is -0.494 e. The van der Waals surface area contributed by atoms with Crippen molar-refractivity contribution in [1.29, 1.82) is 0 Å². The summed E-state index contributed by atoms with van der Waals surface area (Å²) in [4.78, 5) is 17.1. The molecule has 4 aromatic rings. The average molecular weight is 480 g/mol. The Labute approximate surface area is 213 Å². The molecule has 0 amide bonds. The fourth-order valence-electron chi connectivity index (χ4n) is 3.95. The predicted molar refractivity (Wildman–Crippen MR) is 148 cm³/mol. The van der Waals surface area contributed by atoms with Crippen LogP contribution in [-0.2, 0) is 0 Å². The Balaban J connectivity index is 1.25. The van der Waals surface area contributed by atoms with Crippen LogP contribution in [0.25, 0.3) is 10.8 Å². The number of fused-ring (bicyclic) bond motifs is 1. The van der Waals surface area contributed by atoms with Crippen LogP contribution in [-0.4, -0.2) is 18.8 Å². The van der Waals surface area contributed by atoms with Gasteiger partial charge in [-0.3, -0.25) is 4.99 Å². The van der Waals surface area contributed by atoms with Crippen molar-refractivity contribution in [2.45, 2.75) is 45.4 Å². The number of ether oxygens (including phenoxy) is 2. The van der Waals surface area contributed by atoms with Gasteiger partial charge in [0.05, 0.1) is 17.9 Å². The maximum atomic E-state index is 12.5. The molecule has 0 radical (unpaired) electrons. The van der Waals surface area contributed by atoms with E-state index in [4.69, 9.17) is 9.47 Å². The summed E-state index contributed by atoms with van der Waals surface area (Å²) in [6, 6.07) is 28.8. The van der Waals surface area contributed by atoms with E-state index in [1.165, 1.54) is 37.5 Å². The summed E-state index contributed by atoms with van der Waals surface area (Å²) in [5.41, 5.74) is 2.31. The number of hydrogen-bond acceptors (Lipinski definition) is 4. The van der Waals surface area contributed by atoms with E-state index in [9.17, 15) is 4.79 Å². The molecule has 0 saturated carbocycles. The Morgan fingerprint density at radius 3 is 2.22 bits per heavy atom. The fourth-order valence-corrected chi connectivity index (χ4v) is 3.95. The van der Waals surface area contributed by atoms with Gasteiger partial charge in [-0.25, -0.2) is 4.79 Å². The molecule has 4 rings (SSSR count). The summed E-state index contributed by atoms with van der Waals surface area (Å²) in [7, 11) is 0. The molecule has 0 N–H and O–H groups in total. The first kappa shape index (κ1) is 25.2. The van der Waals surface area contributed by atoms with Crippen molar-refractivity contribution in [1.82, 2.24) is 0 Å². The summed E-state index contributed by atoms with van der Waals surface area (Å²) in [6.07, 6.45) is 9.19. The lowest BCUT2D eigenvalue weighted by atomic mass is 10.1. The molecule has 184 valence electrons. The van der Waals surface area contributed by atoms with E-state index < -0.39 is 5.97 Å². The van der Waals surface area contributed by atoms with Crippen LogP contribution in [0.15, 0.2) is 96.0 Å². The summed E-state index contributed by atoms with van der Waals surface area (Å²) in [5, 5.41) is 2.35. The van der Waals surface area contributed by atoms with Gasteiger partial charge in [0.1, 0.15) is 11.5 Å². The van der Waals surface area contributed by atoms with Gasteiger partial charge in [-0.1, -0.05) is 69.4 Å². The molecule has 0 saturated heterocycles. The van der Waals surface area contributed by atoms with Crippen LogP contribution in [0.2, 0.25) is 0 Å². The molecule has 0 fully saturated rings. The topological polar surface area (TPSA) is 47.9 Å². The van der Waals surface area contributed by atoms with Crippen molar-refractivity contribution < 1.29 is 14.3 Å². The number of aliphatic imine (C=N–C) groups is 1. The summed E-state index contributed by atoms with van der Waals surface area (Å²) in [6.45, 7) is 2.93. The van der Waals surface area contributed by atoms with Gasteiger partial charge < -0.3 is 9.47 Å². The Kier molecular flexibility index (Phi) is 9.26. The first-order valence-electron chi connectivity index (χ1n) is 12.8. The fraction of sp³-hybridized carbons (Fsp3) is 0.250. The van der Waals surface area contributed by atoms with Gasteiger partial charge in [0, 0.05) is 6.21 Å². The lowest BCUT2D eigenvalue weighted by Crippen LogP contribution is -2.08. The zero-order chi connectivity index (χ0) is 25.0. The van der Waals surface area contributed by atoms with Crippen molar-refractivity contribution in [3.63, 3.8) is 0 Å². The molecule has 0 aliphatic rings. The molecule has 4 aromatic carbocycles. The summed E-state index contributed by atoms with van der Waals surface area (Å²) < 4.78 is 11.3. The quantitative estimate of drug-likeness (QED) is 0.0885. The normalized spacial score (nSPS) is 11.1. The van der Waals surface area contributed by atoms with Crippen molar-refractivity contribution in [3.05, 3.63) is 102 Å². The van der Waals surface area contributed by atoms with E-state index in [0.717, 1.165) is 28.8 Å². The number of benzene rings is 4. The van der Waals surface area contributed by atoms with Crippen LogP contribution >= 0.6 is 0 Å². The van der Waals surface area contributed by atoms with Crippen LogP contribution in [0.3, 0.4) is 0 Å². The number of carbonyl (C=O) groups is 1. The first-order valence-corrected chi connectivity index (χ1v) is 12.8. The van der Waals surface area contributed by atoms with Crippen molar-refractivity contribution in [2.24, 2.45) is 4.99 Å². The Hall–Kier alpha value is -3.92. The minimum absolute atomic E-state index is 0.393. The lowest BCUT2D eigenvalue weighted by molar-refractivity contribution is 0.0734. The van der Waals surface area contributed by atoms with Crippen molar-refractivity contribution in [3.8, 4) is 11.5 Å². The number of nitrogens with zero attached hydrogens (tertiary/aromatic N) is 1. The summed E-state index contributed by atoms with van der Waals surface area (Å²) in [5.74, 6) is 0.872. The Bertz CT molecular complexity index is 1280. The van der Waals surface area contributed by atoms with E-state index in [0.29, 0.717) is 17.9 Å². The maximum absolute atomic E-state index is 12.5. The first-order chi connectivity index (χ1) is 17.7. The standard InChI is InChI=1S/C32H33NO3/c1-2-3-4-5-6-9-22-35-30-20-15-27(16-21-30)32(34)36-31-18-12-25(13-19-31)24-33-29-17-14-26-10-7-8-11-28(26)23-29/h7-8,10-21,23-24H,2-6,9,22H2,1H3. The van der Waals surface area contributed by atoms with E-state index >= 15 is 0 Å². The molecular formula is C32H33NO3. The minimum atomic E-state index is -0.393. The number of esters is 1. The van der Waals surface area contributed by atoms with E-state index in [1.807, 2.05) is 42.5 Å². The highest BCUT2D eigenvalue weighted by Gasteiger charge is 2.09. The highest BCUT2D eigenvalue weighted by atomic mass is 16.5. The molecule has 4 heteroatoms. The van der Waals surface area contributed by atoms with Crippen LogP contribution in [0.1, 0.15) is 61.4 Å². The van der Waals surface area contributed by atoms with Gasteiger partial charge in [-0.05, 0) is 83.4 Å². The van der Waals surface area contributed by atoms with Gasteiger partial charge >= 0.3 is 5.97 Å². The third kappa shape index (κ3) is 7.54. The van der Waals surface area contributed by atoms with Gasteiger partial charge in [0.25, 0.3) is 0 Å². The van der Waals surface area contributed by atoms with Crippen molar-refractivity contribution >= 4 is 28.6 Å². The third-order valence-corrected chi connectivity index (χ3v) is 6.04. The van der Waals surface area contributed by atoms with Crippen LogP contribution in [0.5, 0.6) is 11.5 Å². The molecule has 0 heterocycles. The largest absolute Gasteiger partial charge is 0.494 e. The molecule has 0 aliphatic heterocycles. The molecule has 0 spiro atoms. The van der Waals surface area contributed by atoms with E-state index in [2.05, 4.69) is 36.2 Å². The highest BCUT2D eigenvalue weighted by Crippen LogP contribution is 2.21. The lowest BCUT2D eigenvalue weighted by Gasteiger charge is -2.08. The van der Waals surface area contributed by atoms with Crippen LogP contribution in [0.4, 0.5) is 5.69 Å². The van der Waals surface area contributed by atoms with Gasteiger partial charge in [-0.2, -0.15) is 0 Å². The molecule has 0 bridgehead atoms. The third-order valence-electron chi connectivity index (χ3n) is 6.04. The van der Waals surface area contributed by atoms with Gasteiger partial charge in [-0.15, -0.1) is 0 Å². The predicted octanol–water partition coefficient (Wildman–Crippen LogP) is 8.55. The van der Waals surface area contributed by atoms with E-state index in [-0.39, 0.29) is 0 Å². The van der Waals surface area contributed by atoms with Gasteiger partial charge in [0.15, 0.2) is 0 Å². The number of hydrogen-bond donors (Lipinski definition) is 0. The Morgan fingerprint density at radius 1 is 0.750 bits per heavy atom. The molecule has 0 aliphatic carbocycles. The van der Waals surface area contributed by atoms with E-state index in [1.54, 1.807) is 30.5 Å². The number of rotatable bonds is 12.